The summed E-state index contributed by atoms with van der Waals surface area (Å²) in [4.78, 5) is 10.8. The van der Waals surface area contributed by atoms with Gasteiger partial charge in [-0.25, -0.2) is 4.58 Å². The third-order valence-electron chi connectivity index (χ3n) is 6.89. The van der Waals surface area contributed by atoms with Crippen LogP contribution in [0.5, 0.6) is 0 Å². The fourth-order valence-corrected chi connectivity index (χ4v) is 5.93. The van der Waals surface area contributed by atoms with Crippen molar-refractivity contribution < 1.29 is 40.3 Å². The van der Waals surface area contributed by atoms with Gasteiger partial charge in [0.25, 0.3) is 20.2 Å². The molecule has 0 aromatic rings. The number of benzene rings is 1. The number of aliphatic carboxylic acids is 1. The summed E-state index contributed by atoms with van der Waals surface area (Å²) in [5, 5.41) is 13.0. The van der Waals surface area contributed by atoms with Crippen LogP contribution in [0.2, 0.25) is 0 Å². The molecule has 0 fully saturated rings. The Morgan fingerprint density at radius 3 is 2.33 bits per heavy atom. The quantitative estimate of drug-likeness (QED) is 0.135. The van der Waals surface area contributed by atoms with E-state index < -0.39 is 26.2 Å². The van der Waals surface area contributed by atoms with Crippen molar-refractivity contribution in [1.82, 2.24) is 9.89 Å². The summed E-state index contributed by atoms with van der Waals surface area (Å²) in [6.45, 7) is 5.58. The zero-order valence-corrected chi connectivity index (χ0v) is 24.6. The van der Waals surface area contributed by atoms with Crippen molar-refractivity contribution in [2.75, 3.05) is 31.1 Å². The molecule has 2 aliphatic carbocycles. The SMILES string of the molecule is CC1(C)CC(NCCCS(=O)(=O)O)=Cc2oc3cc(=[N+](CCCCCC(=O)O)CCCS(=O)(=O)O)ccc-3cc21. The Balaban J connectivity index is 1.90. The van der Waals surface area contributed by atoms with E-state index in [1.54, 1.807) is 0 Å². The highest BCUT2D eigenvalue weighted by Crippen LogP contribution is 2.40. The third kappa shape index (κ3) is 10.0. The minimum absolute atomic E-state index is 0.101. The Morgan fingerprint density at radius 1 is 0.975 bits per heavy atom. The van der Waals surface area contributed by atoms with E-state index in [1.807, 2.05) is 28.9 Å². The van der Waals surface area contributed by atoms with Crippen molar-refractivity contribution in [3.63, 3.8) is 0 Å². The molecule has 3 rings (SSSR count). The number of hydrogen-bond donors (Lipinski definition) is 4. The van der Waals surface area contributed by atoms with Crippen LogP contribution in [0.3, 0.4) is 0 Å². The molecule has 0 spiro atoms. The predicted molar refractivity (Wildman–Crippen MR) is 152 cm³/mol. The van der Waals surface area contributed by atoms with Crippen molar-refractivity contribution in [2.45, 2.75) is 64.2 Å². The molecule has 0 atom stereocenters. The number of nitrogens with zero attached hydrogens (tertiary/aromatic N) is 1. The minimum atomic E-state index is -4.08. The van der Waals surface area contributed by atoms with Gasteiger partial charge in [0.05, 0.1) is 17.6 Å². The lowest BCUT2D eigenvalue weighted by molar-refractivity contribution is -0.137. The topological polar surface area (TPSA) is 174 Å². The van der Waals surface area contributed by atoms with Crippen LogP contribution in [0.15, 0.2) is 34.4 Å². The smallest absolute Gasteiger partial charge is 0.303 e. The average Bonchev–Trinajstić information content (AvgIpc) is 2.82. The van der Waals surface area contributed by atoms with Crippen molar-refractivity contribution in [3.8, 4) is 11.3 Å². The fraction of sp³-hybridized carbons (Fsp3) is 0.556. The largest absolute Gasteiger partial charge is 0.481 e. The Hall–Kier alpha value is -2.74. The zero-order chi connectivity index (χ0) is 29.6. The predicted octanol–water partition coefficient (Wildman–Crippen LogP) is 2.97. The minimum Gasteiger partial charge on any atom is -0.481 e. The van der Waals surface area contributed by atoms with Gasteiger partial charge in [0, 0.05) is 54.8 Å². The maximum absolute atomic E-state index is 11.2. The monoisotopic (exact) mass is 599 g/mol. The van der Waals surface area contributed by atoms with Gasteiger partial charge in [0.1, 0.15) is 24.6 Å². The van der Waals surface area contributed by atoms with Crippen LogP contribution in [-0.4, -0.2) is 68.2 Å². The van der Waals surface area contributed by atoms with Crippen LogP contribution in [0.25, 0.3) is 17.4 Å². The molecule has 3 aliphatic rings. The van der Waals surface area contributed by atoms with Crippen LogP contribution in [0, 0.1) is 0 Å². The Kier molecular flexibility index (Phi) is 10.6. The van der Waals surface area contributed by atoms with E-state index in [0.717, 1.165) is 28.6 Å². The summed E-state index contributed by atoms with van der Waals surface area (Å²) in [5.41, 5.74) is 2.61. The Labute approximate surface area is 235 Å². The number of unbranched alkanes of at least 4 members (excludes halogenated alkanes) is 2. The normalized spacial score (nSPS) is 15.8. The fourth-order valence-electron chi connectivity index (χ4n) is 4.92. The molecular weight excluding hydrogens is 560 g/mol. The van der Waals surface area contributed by atoms with Gasteiger partial charge in [-0.15, -0.1) is 0 Å². The standard InChI is InChI=1S/C27H38N2O9S2/c1-27(2)19-21(28-11-6-14-39(32,33)34)17-25-23(27)16-20-9-10-22(18-24(20)38-25)29(13-7-15-40(35,36)37)12-5-3-4-8-26(30)31/h9-10,16-18H,3-8,11-15,19H2,1-2H3,(H3,30,31,32,33,34,35,36,37)/p+1. The molecule has 13 heteroatoms. The summed E-state index contributed by atoms with van der Waals surface area (Å²) in [6.07, 6.45) is 5.21. The lowest BCUT2D eigenvalue weighted by atomic mass is 9.76. The second kappa shape index (κ2) is 13.3. The number of carboxylic acids is 1. The molecule has 222 valence electrons. The summed E-state index contributed by atoms with van der Waals surface area (Å²) in [7, 11) is -8.09. The van der Waals surface area contributed by atoms with E-state index in [4.69, 9.17) is 18.6 Å². The maximum Gasteiger partial charge on any atom is 0.303 e. The first-order valence-electron chi connectivity index (χ1n) is 13.4. The van der Waals surface area contributed by atoms with Crippen LogP contribution in [0.1, 0.15) is 70.1 Å². The molecule has 0 radical (unpaired) electrons. The highest BCUT2D eigenvalue weighted by Gasteiger charge is 2.31. The Morgan fingerprint density at radius 2 is 1.65 bits per heavy atom. The summed E-state index contributed by atoms with van der Waals surface area (Å²) in [5.74, 6) is -0.177. The second-order valence-corrected chi connectivity index (χ2v) is 14.0. The summed E-state index contributed by atoms with van der Waals surface area (Å²) < 4.78 is 71.0. The third-order valence-corrected chi connectivity index (χ3v) is 8.50. The van der Waals surface area contributed by atoms with E-state index >= 15 is 0 Å². The van der Waals surface area contributed by atoms with Gasteiger partial charge in [0.2, 0.25) is 5.36 Å². The van der Waals surface area contributed by atoms with Crippen LogP contribution < -0.4 is 15.2 Å². The number of carboxylic acid groups (broad SMARTS) is 1. The molecule has 0 unspecified atom stereocenters. The molecule has 0 aromatic carbocycles. The van der Waals surface area contributed by atoms with E-state index in [-0.39, 0.29) is 36.2 Å². The van der Waals surface area contributed by atoms with Gasteiger partial charge < -0.3 is 14.8 Å². The average molecular weight is 600 g/mol. The Bertz CT molecular complexity index is 1490. The molecule has 0 saturated carbocycles. The number of fused-ring (bicyclic) bond motifs is 2. The molecule has 1 aliphatic heterocycles. The highest BCUT2D eigenvalue weighted by molar-refractivity contribution is 7.86. The van der Waals surface area contributed by atoms with E-state index in [2.05, 4.69) is 25.2 Å². The van der Waals surface area contributed by atoms with Crippen molar-refractivity contribution in [1.29, 1.82) is 0 Å². The number of allylic oxidation sites excluding steroid dienone is 1. The first kappa shape index (κ1) is 31.8. The molecular formula is C27H39N2O9S2+. The lowest BCUT2D eigenvalue weighted by Crippen LogP contribution is -2.33. The molecule has 0 aromatic heterocycles. The first-order chi connectivity index (χ1) is 18.6. The van der Waals surface area contributed by atoms with Gasteiger partial charge in [0.15, 0.2) is 0 Å². The number of rotatable bonds is 15. The van der Waals surface area contributed by atoms with Crippen LogP contribution in [0.4, 0.5) is 0 Å². The number of nitrogens with one attached hydrogen (secondary N) is 1. The van der Waals surface area contributed by atoms with Crippen molar-refractivity contribution >= 4 is 32.3 Å². The van der Waals surface area contributed by atoms with Crippen LogP contribution >= 0.6 is 0 Å². The number of hydrogen-bond acceptors (Lipinski definition) is 7. The van der Waals surface area contributed by atoms with E-state index in [0.29, 0.717) is 50.4 Å². The van der Waals surface area contributed by atoms with E-state index in [1.165, 1.54) is 0 Å². The summed E-state index contributed by atoms with van der Waals surface area (Å²) >= 11 is 0. The molecule has 0 saturated heterocycles. The zero-order valence-electron chi connectivity index (χ0n) is 22.9. The van der Waals surface area contributed by atoms with Crippen LogP contribution in [-0.2, 0) is 30.4 Å². The van der Waals surface area contributed by atoms with Crippen molar-refractivity contribution in [3.05, 3.63) is 46.6 Å². The molecule has 40 heavy (non-hydrogen) atoms. The van der Waals surface area contributed by atoms with Crippen molar-refractivity contribution in [2.24, 2.45) is 0 Å². The van der Waals surface area contributed by atoms with Gasteiger partial charge in [-0.05, 0) is 43.2 Å². The second-order valence-electron chi connectivity index (χ2n) is 10.9. The highest BCUT2D eigenvalue weighted by atomic mass is 32.2. The molecule has 4 N–H and O–H groups in total. The van der Waals surface area contributed by atoms with Gasteiger partial charge >= 0.3 is 5.97 Å². The van der Waals surface area contributed by atoms with Gasteiger partial charge in [-0.1, -0.05) is 13.8 Å². The van der Waals surface area contributed by atoms with Gasteiger partial charge in [-0.3, -0.25) is 13.9 Å². The van der Waals surface area contributed by atoms with E-state index in [9.17, 15) is 21.6 Å². The molecule has 0 bridgehead atoms. The lowest BCUT2D eigenvalue weighted by Gasteiger charge is -2.32. The summed E-state index contributed by atoms with van der Waals surface area (Å²) in [6, 6.07) is 7.90. The molecule has 0 amide bonds. The molecule has 11 nitrogen and oxygen atoms in total. The van der Waals surface area contributed by atoms with Gasteiger partial charge in [-0.2, -0.15) is 16.8 Å². The maximum atomic E-state index is 11.2. The molecule has 1 heterocycles. The first-order valence-corrected chi connectivity index (χ1v) is 16.6. The number of carbonyl (C=O) groups is 1.